The Hall–Kier alpha value is -2.09. The quantitative estimate of drug-likeness (QED) is 0.669. The first-order valence-corrected chi connectivity index (χ1v) is 8.38. The Bertz CT molecular complexity index is 672. The Morgan fingerprint density at radius 2 is 2.18 bits per heavy atom. The van der Waals surface area contributed by atoms with Crippen LogP contribution in [0.15, 0.2) is 57.2 Å². The number of carbonyl (C=O) groups is 1. The molecule has 2 amide bonds. The van der Waals surface area contributed by atoms with Crippen LogP contribution in [0.1, 0.15) is 11.3 Å². The first-order valence-electron chi connectivity index (χ1n) is 6.56. The van der Waals surface area contributed by atoms with Gasteiger partial charge in [0, 0.05) is 5.56 Å². The smallest absolute Gasteiger partial charge is 0.319 e. The van der Waals surface area contributed by atoms with E-state index in [0.717, 1.165) is 5.00 Å². The monoisotopic (exact) mass is 334 g/mol. The van der Waals surface area contributed by atoms with Crippen LogP contribution in [0, 0.1) is 0 Å². The fourth-order valence-electron chi connectivity index (χ4n) is 2.06. The summed E-state index contributed by atoms with van der Waals surface area (Å²) in [7, 11) is 0. The summed E-state index contributed by atoms with van der Waals surface area (Å²) in [5, 5.41) is 22.7. The van der Waals surface area contributed by atoms with E-state index in [1.807, 2.05) is 34.3 Å². The summed E-state index contributed by atoms with van der Waals surface area (Å²) in [6, 6.07) is 8.50. The number of rotatable bonds is 5. The predicted molar refractivity (Wildman–Crippen MR) is 87.4 cm³/mol. The van der Waals surface area contributed by atoms with E-state index < -0.39 is 5.60 Å². The Morgan fingerprint density at radius 1 is 1.27 bits per heavy atom. The second-order valence-electron chi connectivity index (χ2n) is 4.63. The van der Waals surface area contributed by atoms with E-state index in [1.165, 1.54) is 28.9 Å². The van der Waals surface area contributed by atoms with Gasteiger partial charge < -0.3 is 14.8 Å². The summed E-state index contributed by atoms with van der Waals surface area (Å²) in [5.41, 5.74) is -0.708. The average molecular weight is 334 g/mol. The molecule has 0 unspecified atom stereocenters. The molecule has 0 aliphatic heterocycles. The molecule has 3 heterocycles. The lowest BCUT2D eigenvalue weighted by Crippen LogP contribution is -2.42. The molecule has 5 nitrogen and oxygen atoms in total. The third-order valence-electron chi connectivity index (χ3n) is 3.19. The second kappa shape index (κ2) is 6.35. The predicted octanol–water partition coefficient (Wildman–Crippen LogP) is 3.46. The lowest BCUT2D eigenvalue weighted by molar-refractivity contribution is 0.0597. The van der Waals surface area contributed by atoms with Gasteiger partial charge in [-0.15, -0.1) is 11.3 Å². The highest BCUT2D eigenvalue weighted by Gasteiger charge is 2.35. The van der Waals surface area contributed by atoms with E-state index >= 15 is 0 Å². The van der Waals surface area contributed by atoms with E-state index in [9.17, 15) is 9.90 Å². The zero-order valence-corrected chi connectivity index (χ0v) is 13.1. The van der Waals surface area contributed by atoms with Crippen molar-refractivity contribution in [2.24, 2.45) is 0 Å². The number of hydrogen-bond acceptors (Lipinski definition) is 5. The Morgan fingerprint density at radius 3 is 2.82 bits per heavy atom. The molecule has 114 valence electrons. The van der Waals surface area contributed by atoms with Gasteiger partial charge in [0.15, 0.2) is 5.60 Å². The van der Waals surface area contributed by atoms with Gasteiger partial charge in [-0.2, -0.15) is 11.3 Å². The van der Waals surface area contributed by atoms with Gasteiger partial charge >= 0.3 is 6.03 Å². The number of urea groups is 1. The fourth-order valence-corrected chi connectivity index (χ4v) is 3.40. The highest BCUT2D eigenvalue weighted by atomic mass is 32.1. The number of aliphatic hydroxyl groups is 1. The molecule has 0 spiro atoms. The summed E-state index contributed by atoms with van der Waals surface area (Å²) < 4.78 is 5.35. The minimum atomic E-state index is -1.39. The van der Waals surface area contributed by atoms with Gasteiger partial charge in [0.2, 0.25) is 0 Å². The first-order chi connectivity index (χ1) is 10.7. The van der Waals surface area contributed by atoms with Crippen LogP contribution < -0.4 is 10.6 Å². The minimum absolute atomic E-state index is 0.00839. The van der Waals surface area contributed by atoms with E-state index in [0.29, 0.717) is 11.3 Å². The second-order valence-corrected chi connectivity index (χ2v) is 6.36. The molecule has 3 rings (SSSR count). The molecule has 22 heavy (non-hydrogen) atoms. The van der Waals surface area contributed by atoms with Gasteiger partial charge in [0.05, 0.1) is 17.8 Å². The van der Waals surface area contributed by atoms with E-state index in [-0.39, 0.29) is 12.6 Å². The zero-order valence-electron chi connectivity index (χ0n) is 11.5. The lowest BCUT2D eigenvalue weighted by atomic mass is 9.93. The van der Waals surface area contributed by atoms with Crippen LogP contribution >= 0.6 is 22.7 Å². The topological polar surface area (TPSA) is 74.5 Å². The van der Waals surface area contributed by atoms with Crippen LogP contribution in [0.3, 0.4) is 0 Å². The molecule has 7 heteroatoms. The molecule has 0 aliphatic carbocycles. The molecule has 3 N–H and O–H groups in total. The zero-order chi connectivity index (χ0) is 15.4. The van der Waals surface area contributed by atoms with Crippen molar-refractivity contribution in [3.63, 3.8) is 0 Å². The van der Waals surface area contributed by atoms with Gasteiger partial charge in [0.1, 0.15) is 5.76 Å². The van der Waals surface area contributed by atoms with Crippen molar-refractivity contribution in [2.75, 3.05) is 11.9 Å². The fraction of sp³-hybridized carbons (Fsp3) is 0.133. The van der Waals surface area contributed by atoms with E-state index in [4.69, 9.17) is 4.42 Å². The van der Waals surface area contributed by atoms with Crippen molar-refractivity contribution < 1.29 is 14.3 Å². The van der Waals surface area contributed by atoms with Crippen LogP contribution in [-0.2, 0) is 5.60 Å². The molecule has 1 atom stereocenters. The maximum absolute atomic E-state index is 11.9. The minimum Gasteiger partial charge on any atom is -0.466 e. The van der Waals surface area contributed by atoms with Crippen molar-refractivity contribution >= 4 is 33.7 Å². The van der Waals surface area contributed by atoms with E-state index in [2.05, 4.69) is 10.6 Å². The molecule has 3 aromatic heterocycles. The number of hydrogen-bond donors (Lipinski definition) is 3. The van der Waals surface area contributed by atoms with Gasteiger partial charge in [0.25, 0.3) is 0 Å². The molecule has 0 saturated heterocycles. The number of carbonyl (C=O) groups excluding carboxylic acids is 1. The van der Waals surface area contributed by atoms with Crippen LogP contribution in [0.2, 0.25) is 0 Å². The summed E-state index contributed by atoms with van der Waals surface area (Å²) in [6.07, 6.45) is 1.50. The number of furan rings is 1. The largest absolute Gasteiger partial charge is 0.466 e. The molecule has 3 aromatic rings. The van der Waals surface area contributed by atoms with Gasteiger partial charge in [-0.25, -0.2) is 4.79 Å². The maximum Gasteiger partial charge on any atom is 0.319 e. The molecular weight excluding hydrogens is 320 g/mol. The molecular formula is C15H14N2O3S2. The van der Waals surface area contributed by atoms with Crippen LogP contribution in [0.5, 0.6) is 0 Å². The third kappa shape index (κ3) is 3.06. The molecule has 0 radical (unpaired) electrons. The van der Waals surface area contributed by atoms with Crippen molar-refractivity contribution in [1.29, 1.82) is 0 Å². The van der Waals surface area contributed by atoms with Gasteiger partial charge in [-0.1, -0.05) is 0 Å². The van der Waals surface area contributed by atoms with Crippen molar-refractivity contribution in [3.05, 3.63) is 64.1 Å². The Labute approximate surface area is 135 Å². The van der Waals surface area contributed by atoms with Crippen LogP contribution in [0.25, 0.3) is 0 Å². The lowest BCUT2D eigenvalue weighted by Gasteiger charge is -2.25. The normalized spacial score (nSPS) is 13.5. The van der Waals surface area contributed by atoms with Crippen LogP contribution in [-0.4, -0.2) is 17.7 Å². The van der Waals surface area contributed by atoms with E-state index in [1.54, 1.807) is 12.1 Å². The maximum atomic E-state index is 11.9. The molecule has 0 aromatic carbocycles. The van der Waals surface area contributed by atoms with Gasteiger partial charge in [-0.3, -0.25) is 5.32 Å². The van der Waals surface area contributed by atoms with Gasteiger partial charge in [-0.05, 0) is 46.5 Å². The Kier molecular flexibility index (Phi) is 4.28. The summed E-state index contributed by atoms with van der Waals surface area (Å²) >= 11 is 2.90. The van der Waals surface area contributed by atoms with Crippen molar-refractivity contribution in [2.45, 2.75) is 5.60 Å². The Balaban J connectivity index is 1.73. The highest BCUT2D eigenvalue weighted by Crippen LogP contribution is 2.31. The van der Waals surface area contributed by atoms with Crippen molar-refractivity contribution in [1.82, 2.24) is 5.32 Å². The molecule has 0 fully saturated rings. The first kappa shape index (κ1) is 14.8. The summed E-state index contributed by atoms with van der Waals surface area (Å²) in [5.74, 6) is 0.391. The van der Waals surface area contributed by atoms with Crippen LogP contribution in [0.4, 0.5) is 9.80 Å². The highest BCUT2D eigenvalue weighted by molar-refractivity contribution is 7.14. The number of anilines is 1. The number of amides is 2. The summed E-state index contributed by atoms with van der Waals surface area (Å²) in [6.45, 7) is 0.00839. The SMILES string of the molecule is O=C(NC[C@](O)(c1ccsc1)c1ccco1)Nc1cccs1. The summed E-state index contributed by atoms with van der Waals surface area (Å²) in [4.78, 5) is 11.9. The molecule has 0 aliphatic rings. The molecule has 0 saturated carbocycles. The average Bonchev–Trinajstić information content (AvgIpc) is 3.26. The standard InChI is InChI=1S/C15H14N2O3S2/c18-14(17-13-4-2-7-22-13)16-10-15(19,11-5-8-21-9-11)12-3-1-6-20-12/h1-9,19H,10H2,(H2,16,17,18)/t15-/m0/s1. The third-order valence-corrected chi connectivity index (χ3v) is 4.66. The van der Waals surface area contributed by atoms with Crippen molar-refractivity contribution in [3.8, 4) is 0 Å². The number of nitrogens with one attached hydrogen (secondary N) is 2. The number of thiophene rings is 2. The molecule has 0 bridgehead atoms.